The first-order valence-electron chi connectivity index (χ1n) is 6.38. The predicted molar refractivity (Wildman–Crippen MR) is 64.1 cm³/mol. The quantitative estimate of drug-likeness (QED) is 0.865. The maximum Gasteiger partial charge on any atom is 0.123 e. The number of halogens is 1. The van der Waals surface area contributed by atoms with Crippen molar-refractivity contribution in [2.45, 2.75) is 25.4 Å². The van der Waals surface area contributed by atoms with Gasteiger partial charge in [-0.25, -0.2) is 4.39 Å². The van der Waals surface area contributed by atoms with Crippen LogP contribution in [0.25, 0.3) is 0 Å². The third kappa shape index (κ3) is 2.67. The minimum Gasteiger partial charge on any atom is -0.379 e. The van der Waals surface area contributed by atoms with Crippen LogP contribution in [0.5, 0.6) is 0 Å². The monoisotopic (exact) mass is 235 g/mol. The molecule has 0 aromatic heterocycles. The lowest BCUT2D eigenvalue weighted by molar-refractivity contribution is 0.180. The van der Waals surface area contributed by atoms with E-state index in [0.717, 1.165) is 31.2 Å². The molecule has 3 heteroatoms. The van der Waals surface area contributed by atoms with Gasteiger partial charge in [0.15, 0.2) is 0 Å². The van der Waals surface area contributed by atoms with Gasteiger partial charge in [0, 0.05) is 18.5 Å². The van der Waals surface area contributed by atoms with Gasteiger partial charge in [-0.1, -0.05) is 12.1 Å². The number of hydrogen-bond acceptors (Lipinski definition) is 2. The second-order valence-electron chi connectivity index (χ2n) is 5.15. The first-order chi connectivity index (χ1) is 8.33. The van der Waals surface area contributed by atoms with Crippen molar-refractivity contribution in [2.75, 3.05) is 13.2 Å². The van der Waals surface area contributed by atoms with Crippen LogP contribution in [0.4, 0.5) is 4.39 Å². The van der Waals surface area contributed by atoms with Crippen molar-refractivity contribution in [3.63, 3.8) is 0 Å². The zero-order chi connectivity index (χ0) is 11.7. The van der Waals surface area contributed by atoms with Crippen LogP contribution in [0, 0.1) is 17.7 Å². The van der Waals surface area contributed by atoms with Crippen LogP contribution in [0.2, 0.25) is 0 Å². The van der Waals surface area contributed by atoms with E-state index in [1.54, 1.807) is 0 Å². The van der Waals surface area contributed by atoms with E-state index in [4.69, 9.17) is 4.74 Å². The molecule has 2 atom stereocenters. The summed E-state index contributed by atoms with van der Waals surface area (Å²) in [7, 11) is 0. The summed E-state index contributed by atoms with van der Waals surface area (Å²) >= 11 is 0. The molecule has 1 aromatic carbocycles. The number of rotatable bonds is 4. The summed E-state index contributed by atoms with van der Waals surface area (Å²) in [5, 5.41) is 3.54. The van der Waals surface area contributed by atoms with E-state index in [9.17, 15) is 4.39 Å². The minimum atomic E-state index is -0.172. The highest BCUT2D eigenvalue weighted by atomic mass is 19.1. The van der Waals surface area contributed by atoms with Gasteiger partial charge in [0.1, 0.15) is 5.82 Å². The molecule has 0 spiro atoms. The average molecular weight is 235 g/mol. The smallest absolute Gasteiger partial charge is 0.123 e. The molecule has 1 N–H and O–H groups in total. The molecule has 0 radical (unpaired) electrons. The fourth-order valence-corrected chi connectivity index (χ4v) is 2.62. The van der Waals surface area contributed by atoms with E-state index in [2.05, 4.69) is 5.32 Å². The highest BCUT2D eigenvalue weighted by Crippen LogP contribution is 2.40. The van der Waals surface area contributed by atoms with Crippen molar-refractivity contribution in [1.82, 2.24) is 5.32 Å². The van der Waals surface area contributed by atoms with Crippen LogP contribution in [-0.4, -0.2) is 19.3 Å². The van der Waals surface area contributed by atoms with E-state index < -0.39 is 0 Å². The van der Waals surface area contributed by atoms with Gasteiger partial charge >= 0.3 is 0 Å². The third-order valence-corrected chi connectivity index (χ3v) is 3.83. The topological polar surface area (TPSA) is 21.3 Å². The Morgan fingerprint density at radius 2 is 1.94 bits per heavy atom. The maximum atomic E-state index is 12.8. The molecule has 0 amide bonds. The van der Waals surface area contributed by atoms with E-state index in [1.165, 1.54) is 25.0 Å². The van der Waals surface area contributed by atoms with Gasteiger partial charge in [-0.05, 0) is 36.5 Å². The molecule has 0 bridgehead atoms. The van der Waals surface area contributed by atoms with Gasteiger partial charge in [0.25, 0.3) is 0 Å². The lowest BCUT2D eigenvalue weighted by Gasteiger charge is -2.18. The lowest BCUT2D eigenvalue weighted by atomic mass is 9.98. The molecule has 1 saturated carbocycles. The SMILES string of the molecule is Fc1ccc(CNC2COCC2C2CC2)cc1. The van der Waals surface area contributed by atoms with Crippen LogP contribution < -0.4 is 5.32 Å². The third-order valence-electron chi connectivity index (χ3n) is 3.83. The van der Waals surface area contributed by atoms with Gasteiger partial charge in [-0.3, -0.25) is 0 Å². The molecule has 2 aliphatic rings. The van der Waals surface area contributed by atoms with Gasteiger partial charge in [-0.15, -0.1) is 0 Å². The highest BCUT2D eigenvalue weighted by Gasteiger charge is 2.39. The molecule has 2 fully saturated rings. The summed E-state index contributed by atoms with van der Waals surface area (Å²) < 4.78 is 18.3. The van der Waals surface area contributed by atoms with E-state index in [-0.39, 0.29) is 5.82 Å². The van der Waals surface area contributed by atoms with Gasteiger partial charge < -0.3 is 10.1 Å². The normalized spacial score (nSPS) is 28.5. The zero-order valence-corrected chi connectivity index (χ0v) is 9.86. The summed E-state index contributed by atoms with van der Waals surface area (Å²) in [4.78, 5) is 0. The van der Waals surface area contributed by atoms with Crippen molar-refractivity contribution in [2.24, 2.45) is 11.8 Å². The van der Waals surface area contributed by atoms with Gasteiger partial charge in [0.05, 0.1) is 13.2 Å². The molecule has 1 aromatic rings. The summed E-state index contributed by atoms with van der Waals surface area (Å²) in [6, 6.07) is 7.18. The van der Waals surface area contributed by atoms with Crippen molar-refractivity contribution >= 4 is 0 Å². The molecule has 2 unspecified atom stereocenters. The molecule has 3 rings (SSSR count). The molecule has 2 nitrogen and oxygen atoms in total. The number of ether oxygens (including phenoxy) is 1. The molecule has 1 aliphatic carbocycles. The zero-order valence-electron chi connectivity index (χ0n) is 9.86. The Morgan fingerprint density at radius 1 is 1.18 bits per heavy atom. The summed E-state index contributed by atoms with van der Waals surface area (Å²) in [5.41, 5.74) is 1.13. The van der Waals surface area contributed by atoms with Gasteiger partial charge in [-0.2, -0.15) is 0 Å². The number of nitrogens with one attached hydrogen (secondary N) is 1. The van der Waals surface area contributed by atoms with Gasteiger partial charge in [0.2, 0.25) is 0 Å². The van der Waals surface area contributed by atoms with Crippen LogP contribution in [0.1, 0.15) is 18.4 Å². The van der Waals surface area contributed by atoms with E-state index in [0.29, 0.717) is 12.0 Å². The van der Waals surface area contributed by atoms with Crippen molar-refractivity contribution in [3.05, 3.63) is 35.6 Å². The first-order valence-corrected chi connectivity index (χ1v) is 6.38. The van der Waals surface area contributed by atoms with Crippen molar-refractivity contribution in [1.29, 1.82) is 0 Å². The lowest BCUT2D eigenvalue weighted by Crippen LogP contribution is -2.36. The summed E-state index contributed by atoms with van der Waals surface area (Å²) in [6.45, 7) is 2.53. The Hall–Kier alpha value is -0.930. The van der Waals surface area contributed by atoms with Crippen LogP contribution in [-0.2, 0) is 11.3 Å². The molecule has 17 heavy (non-hydrogen) atoms. The summed E-state index contributed by atoms with van der Waals surface area (Å²) in [5.74, 6) is 1.40. The Balaban J connectivity index is 1.54. The molecular weight excluding hydrogens is 217 g/mol. The molecule has 1 aliphatic heterocycles. The highest BCUT2D eigenvalue weighted by molar-refractivity contribution is 5.16. The average Bonchev–Trinajstić information content (AvgIpc) is 3.08. The van der Waals surface area contributed by atoms with Crippen molar-refractivity contribution in [3.8, 4) is 0 Å². The predicted octanol–water partition coefficient (Wildman–Crippen LogP) is 2.34. The summed E-state index contributed by atoms with van der Waals surface area (Å²) in [6.07, 6.45) is 2.73. The Kier molecular flexibility index (Phi) is 3.12. The van der Waals surface area contributed by atoms with Crippen LogP contribution >= 0.6 is 0 Å². The Labute approximate surface area is 101 Å². The Morgan fingerprint density at radius 3 is 2.65 bits per heavy atom. The molecule has 1 saturated heterocycles. The fourth-order valence-electron chi connectivity index (χ4n) is 2.62. The number of benzene rings is 1. The standard InChI is InChI=1S/C14H18FNO/c15-12-5-1-10(2-6-12)7-16-14-9-17-8-13(14)11-3-4-11/h1-2,5-6,11,13-14,16H,3-4,7-9H2. The fraction of sp³-hybridized carbons (Fsp3) is 0.571. The largest absolute Gasteiger partial charge is 0.379 e. The second-order valence-corrected chi connectivity index (χ2v) is 5.15. The minimum absolute atomic E-state index is 0.172. The van der Waals surface area contributed by atoms with E-state index >= 15 is 0 Å². The molecule has 1 heterocycles. The van der Waals surface area contributed by atoms with E-state index in [1.807, 2.05) is 12.1 Å². The molecular formula is C14H18FNO. The van der Waals surface area contributed by atoms with Crippen LogP contribution in [0.3, 0.4) is 0 Å². The Bertz CT molecular complexity index is 374. The van der Waals surface area contributed by atoms with Crippen LogP contribution in [0.15, 0.2) is 24.3 Å². The van der Waals surface area contributed by atoms with Crippen molar-refractivity contribution < 1.29 is 9.13 Å². The second kappa shape index (κ2) is 4.75. The molecule has 92 valence electrons. The maximum absolute atomic E-state index is 12.8. The number of hydrogen-bond donors (Lipinski definition) is 1. The first kappa shape index (κ1) is 11.2.